The van der Waals surface area contributed by atoms with Gasteiger partial charge in [0.1, 0.15) is 18.3 Å². The van der Waals surface area contributed by atoms with E-state index in [0.29, 0.717) is 23.1 Å². The van der Waals surface area contributed by atoms with Gasteiger partial charge in [-0.1, -0.05) is 13.5 Å². The van der Waals surface area contributed by atoms with Crippen molar-refractivity contribution >= 4 is 23.9 Å². The van der Waals surface area contributed by atoms with Gasteiger partial charge in [0.05, 0.1) is 17.1 Å². The van der Waals surface area contributed by atoms with Gasteiger partial charge in [0.2, 0.25) is 0 Å². The second-order valence-electron chi connectivity index (χ2n) is 11.6. The summed E-state index contributed by atoms with van der Waals surface area (Å²) in [7, 11) is 0. The first-order valence-electron chi connectivity index (χ1n) is 12.9. The first-order chi connectivity index (χ1) is 17.4. The highest BCUT2D eigenvalue weighted by Gasteiger charge is 2.71. The summed E-state index contributed by atoms with van der Waals surface area (Å²) in [5, 5.41) is 22.8. The van der Waals surface area contributed by atoms with Crippen LogP contribution >= 0.6 is 0 Å². The fourth-order valence-electron chi connectivity index (χ4n) is 7.17. The Bertz CT molecular complexity index is 1070. The molecule has 2 fully saturated rings. The molecule has 3 aliphatic rings. The van der Waals surface area contributed by atoms with Crippen LogP contribution in [-0.4, -0.2) is 70.2 Å². The molecule has 212 valence electrons. The molecule has 8 unspecified atom stereocenters. The zero-order valence-corrected chi connectivity index (χ0v) is 23.5. The van der Waals surface area contributed by atoms with Crippen LogP contribution in [-0.2, 0) is 38.1 Å². The van der Waals surface area contributed by atoms with Crippen molar-refractivity contribution in [3.8, 4) is 0 Å². The van der Waals surface area contributed by atoms with Gasteiger partial charge in [0.15, 0.2) is 6.10 Å². The van der Waals surface area contributed by atoms with Crippen LogP contribution in [0.2, 0.25) is 0 Å². The SMILES string of the molecule is C=C1C(O)CCC2(C)C(OC(C)=O)C(OC(C)=O)C3=C(C)C(OC(C)=O)CC3(C(C)(C)O)C(OC(C)=O)C12. The largest absolute Gasteiger partial charge is 0.461 e. The number of hydrogen-bond acceptors (Lipinski definition) is 10. The first-order valence-corrected chi connectivity index (χ1v) is 12.9. The molecule has 0 aromatic rings. The molecule has 10 nitrogen and oxygen atoms in total. The number of ether oxygens (including phenoxy) is 4. The topological polar surface area (TPSA) is 146 Å². The van der Waals surface area contributed by atoms with Crippen molar-refractivity contribution in [2.45, 2.75) is 111 Å². The predicted molar refractivity (Wildman–Crippen MR) is 134 cm³/mol. The fourth-order valence-corrected chi connectivity index (χ4v) is 7.17. The van der Waals surface area contributed by atoms with Crippen LogP contribution in [0.5, 0.6) is 0 Å². The van der Waals surface area contributed by atoms with Gasteiger partial charge < -0.3 is 29.2 Å². The number of hydrogen-bond donors (Lipinski definition) is 2. The Morgan fingerprint density at radius 2 is 1.42 bits per heavy atom. The molecule has 0 saturated heterocycles. The van der Waals surface area contributed by atoms with Gasteiger partial charge >= 0.3 is 23.9 Å². The highest BCUT2D eigenvalue weighted by Crippen LogP contribution is 2.65. The lowest BCUT2D eigenvalue weighted by Crippen LogP contribution is -2.59. The molecule has 38 heavy (non-hydrogen) atoms. The minimum atomic E-state index is -1.65. The van der Waals surface area contributed by atoms with Gasteiger partial charge in [-0.15, -0.1) is 0 Å². The zero-order valence-electron chi connectivity index (χ0n) is 23.5. The maximum absolute atomic E-state index is 12.6. The molecule has 0 heterocycles. The van der Waals surface area contributed by atoms with Gasteiger partial charge in [-0.25, -0.2) is 0 Å². The smallest absolute Gasteiger partial charge is 0.303 e. The zero-order chi connectivity index (χ0) is 29.0. The van der Waals surface area contributed by atoms with Crippen LogP contribution in [0.1, 0.15) is 74.7 Å². The van der Waals surface area contributed by atoms with Gasteiger partial charge in [-0.2, -0.15) is 0 Å². The molecule has 0 amide bonds. The number of aliphatic hydroxyl groups excluding tert-OH is 1. The third-order valence-electron chi connectivity index (χ3n) is 8.67. The molecule has 0 radical (unpaired) electrons. The number of esters is 4. The number of fused-ring (bicyclic) bond motifs is 2. The summed E-state index contributed by atoms with van der Waals surface area (Å²) in [6.45, 7) is 15.7. The lowest BCUT2D eigenvalue weighted by atomic mass is 9.55. The molecule has 0 aromatic heterocycles. The Balaban J connectivity index is 2.52. The number of carbonyl (C=O) groups is 4. The van der Waals surface area contributed by atoms with E-state index in [1.54, 1.807) is 20.8 Å². The van der Waals surface area contributed by atoms with Crippen molar-refractivity contribution in [3.63, 3.8) is 0 Å². The average Bonchev–Trinajstić information content (AvgIpc) is 3.01. The summed E-state index contributed by atoms with van der Waals surface area (Å²) in [4.78, 5) is 49.7. The van der Waals surface area contributed by atoms with Crippen molar-refractivity contribution in [2.24, 2.45) is 16.7 Å². The second-order valence-corrected chi connectivity index (χ2v) is 11.6. The lowest BCUT2D eigenvalue weighted by Gasteiger charge is -2.53. The fraction of sp³-hybridized carbons (Fsp3) is 0.714. The van der Waals surface area contributed by atoms with Crippen molar-refractivity contribution in [1.29, 1.82) is 0 Å². The molecule has 2 saturated carbocycles. The van der Waals surface area contributed by atoms with Crippen molar-refractivity contribution < 1.29 is 48.3 Å². The van der Waals surface area contributed by atoms with Crippen molar-refractivity contribution in [1.82, 2.24) is 0 Å². The molecular weight excluding hydrogens is 496 g/mol. The maximum Gasteiger partial charge on any atom is 0.303 e. The third-order valence-corrected chi connectivity index (χ3v) is 8.67. The van der Waals surface area contributed by atoms with E-state index in [-0.39, 0.29) is 12.8 Å². The summed E-state index contributed by atoms with van der Waals surface area (Å²) in [6, 6.07) is 0. The highest BCUT2D eigenvalue weighted by atomic mass is 16.6. The van der Waals surface area contributed by atoms with E-state index in [0.717, 1.165) is 0 Å². The minimum absolute atomic E-state index is 0.00426. The van der Waals surface area contributed by atoms with Crippen LogP contribution in [0, 0.1) is 16.7 Å². The Kier molecular flexibility index (Phi) is 7.94. The van der Waals surface area contributed by atoms with E-state index in [2.05, 4.69) is 6.58 Å². The van der Waals surface area contributed by atoms with Gasteiger partial charge in [-0.05, 0) is 50.3 Å². The van der Waals surface area contributed by atoms with E-state index in [9.17, 15) is 29.4 Å². The number of carbonyl (C=O) groups excluding carboxylic acids is 4. The summed E-state index contributed by atoms with van der Waals surface area (Å²) in [5.41, 5.74) is -2.95. The van der Waals surface area contributed by atoms with Gasteiger partial charge in [0.25, 0.3) is 0 Å². The summed E-state index contributed by atoms with van der Waals surface area (Å²) in [6.07, 6.45) is -4.66. The maximum atomic E-state index is 12.6. The summed E-state index contributed by atoms with van der Waals surface area (Å²) < 4.78 is 23.5. The molecule has 10 heteroatoms. The monoisotopic (exact) mass is 536 g/mol. The lowest BCUT2D eigenvalue weighted by molar-refractivity contribution is -0.191. The molecule has 3 rings (SSSR count). The molecule has 0 bridgehead atoms. The van der Waals surface area contributed by atoms with Crippen LogP contribution in [0.25, 0.3) is 0 Å². The number of aliphatic hydroxyl groups is 2. The third kappa shape index (κ3) is 4.77. The van der Waals surface area contributed by atoms with Crippen molar-refractivity contribution in [3.05, 3.63) is 23.3 Å². The highest BCUT2D eigenvalue weighted by molar-refractivity contribution is 5.70. The van der Waals surface area contributed by atoms with Crippen LogP contribution in [0.15, 0.2) is 23.3 Å². The summed E-state index contributed by atoms with van der Waals surface area (Å²) >= 11 is 0. The van der Waals surface area contributed by atoms with E-state index < -0.39 is 76.7 Å². The average molecular weight is 537 g/mol. The standard InChI is InChI=1S/C28H40O10/c1-13-19(33)10-11-27(9)22(13)24(37-17(5)31)28(26(7,8)34)12-20(35-15(3)29)14(2)21(28)23(36-16(4)30)25(27)38-18(6)32/h19-20,22-25,33-34H,1,10-12H2,2-9H3. The Labute approximate surface area is 223 Å². The van der Waals surface area contributed by atoms with Crippen LogP contribution in [0.4, 0.5) is 0 Å². The normalized spacial score (nSPS) is 36.9. The van der Waals surface area contributed by atoms with Crippen molar-refractivity contribution in [2.75, 3.05) is 0 Å². The summed E-state index contributed by atoms with van der Waals surface area (Å²) in [5.74, 6) is -3.32. The Hall–Kier alpha value is -2.72. The first kappa shape index (κ1) is 29.8. The molecule has 3 aliphatic carbocycles. The Morgan fingerprint density at radius 1 is 0.921 bits per heavy atom. The van der Waals surface area contributed by atoms with E-state index in [1.165, 1.54) is 27.7 Å². The van der Waals surface area contributed by atoms with E-state index in [4.69, 9.17) is 18.9 Å². The van der Waals surface area contributed by atoms with Gasteiger partial charge in [-0.3, -0.25) is 19.2 Å². The molecule has 0 aromatic carbocycles. The Morgan fingerprint density at radius 3 is 1.89 bits per heavy atom. The second kappa shape index (κ2) is 10.1. The van der Waals surface area contributed by atoms with Crippen LogP contribution in [0.3, 0.4) is 0 Å². The van der Waals surface area contributed by atoms with Crippen LogP contribution < -0.4 is 0 Å². The molecule has 2 N–H and O–H groups in total. The van der Waals surface area contributed by atoms with E-state index in [1.807, 2.05) is 6.92 Å². The quantitative estimate of drug-likeness (QED) is 0.305. The predicted octanol–water partition coefficient (Wildman–Crippen LogP) is 2.54. The molecule has 8 atom stereocenters. The molecular formula is C28H40O10. The van der Waals surface area contributed by atoms with E-state index >= 15 is 0 Å². The molecule has 0 aliphatic heterocycles. The number of rotatable bonds is 5. The molecule has 0 spiro atoms. The van der Waals surface area contributed by atoms with Gasteiger partial charge in [0, 0.05) is 45.4 Å². The minimum Gasteiger partial charge on any atom is -0.461 e.